The summed E-state index contributed by atoms with van der Waals surface area (Å²) in [5.74, 6) is -4.78. The summed E-state index contributed by atoms with van der Waals surface area (Å²) in [6, 6.07) is 11.0. The summed E-state index contributed by atoms with van der Waals surface area (Å²) in [5, 5.41) is 29.1. The van der Waals surface area contributed by atoms with Crippen molar-refractivity contribution in [3.8, 4) is 0 Å². The van der Waals surface area contributed by atoms with E-state index in [9.17, 15) is 49.0 Å². The van der Waals surface area contributed by atoms with Gasteiger partial charge in [-0.25, -0.2) is 0 Å². The van der Waals surface area contributed by atoms with Gasteiger partial charge in [-0.2, -0.15) is 0 Å². The number of nitrogens with zero attached hydrogens (tertiary/aromatic N) is 4. The van der Waals surface area contributed by atoms with E-state index in [4.69, 9.17) is 0 Å². The highest BCUT2D eigenvalue weighted by atomic mass is 16.6. The highest BCUT2D eigenvalue weighted by molar-refractivity contribution is 6.28. The van der Waals surface area contributed by atoms with Gasteiger partial charge in [0.25, 0.3) is 35.0 Å². The molecule has 0 saturated carbocycles. The van der Waals surface area contributed by atoms with E-state index >= 15 is 0 Å². The normalized spacial score (nSPS) is 15.0. The van der Waals surface area contributed by atoms with Crippen LogP contribution in [0.2, 0.25) is 0 Å². The maximum absolute atomic E-state index is 13.4. The smallest absolute Gasteiger partial charge is 0.270 e. The summed E-state index contributed by atoms with van der Waals surface area (Å²) >= 11 is 0. The standard InChI is InChI=1S/C32H24N6O10/c1-15(35-29(41)21-7-3-5-17-11-19(37(45)46)13-23(25(17)21)31(35)43)27(39)33-9-10-34-28(40)16(2)36-30(42)22-8-4-6-18-12-20(38(47)48)14-24(26(18)22)32(36)44/h3-8,11-16H,9-10H2,1-2H3,(H,33,39)(H,34,40)/t15-,16-/m1/s1. The van der Waals surface area contributed by atoms with Gasteiger partial charge < -0.3 is 10.6 Å². The maximum Gasteiger partial charge on any atom is 0.270 e. The molecule has 0 aromatic heterocycles. The molecule has 2 heterocycles. The monoisotopic (exact) mass is 652 g/mol. The van der Waals surface area contributed by atoms with Crippen LogP contribution in [0.5, 0.6) is 0 Å². The van der Waals surface area contributed by atoms with Gasteiger partial charge in [0, 0.05) is 59.3 Å². The first kappa shape index (κ1) is 31.4. The number of benzene rings is 4. The quantitative estimate of drug-likeness (QED) is 0.116. The van der Waals surface area contributed by atoms with E-state index < -0.39 is 57.4 Å². The van der Waals surface area contributed by atoms with Gasteiger partial charge in [-0.1, -0.05) is 24.3 Å². The average Bonchev–Trinajstić information content (AvgIpc) is 3.06. The summed E-state index contributed by atoms with van der Waals surface area (Å²) in [5.41, 5.74) is -0.678. The molecule has 4 aromatic carbocycles. The van der Waals surface area contributed by atoms with Crippen molar-refractivity contribution in [2.75, 3.05) is 13.1 Å². The number of nitro benzene ring substituents is 2. The second-order valence-electron chi connectivity index (χ2n) is 11.2. The third-order valence-electron chi connectivity index (χ3n) is 8.40. The van der Waals surface area contributed by atoms with Crippen molar-refractivity contribution >= 4 is 68.4 Å². The largest absolute Gasteiger partial charge is 0.353 e. The van der Waals surface area contributed by atoms with E-state index in [1.165, 1.54) is 50.2 Å². The molecular formula is C32H24N6O10. The Morgan fingerprint density at radius 2 is 0.979 bits per heavy atom. The Kier molecular flexibility index (Phi) is 7.62. The van der Waals surface area contributed by atoms with Crippen LogP contribution in [0.1, 0.15) is 55.3 Å². The van der Waals surface area contributed by atoms with Gasteiger partial charge in [-0.15, -0.1) is 0 Å². The molecule has 2 aliphatic rings. The molecule has 2 atom stereocenters. The highest BCUT2D eigenvalue weighted by Gasteiger charge is 2.41. The van der Waals surface area contributed by atoms with Gasteiger partial charge in [-0.05, 0) is 36.8 Å². The first-order valence-electron chi connectivity index (χ1n) is 14.5. The van der Waals surface area contributed by atoms with Gasteiger partial charge in [0.05, 0.1) is 21.0 Å². The lowest BCUT2D eigenvalue weighted by Gasteiger charge is -2.31. The third kappa shape index (κ3) is 4.95. The minimum Gasteiger partial charge on any atom is -0.353 e. The Hall–Kier alpha value is -6.58. The number of non-ortho nitro benzene ring substituents is 2. The van der Waals surface area contributed by atoms with Crippen molar-refractivity contribution in [1.82, 2.24) is 20.4 Å². The number of carbonyl (C=O) groups is 6. The molecule has 16 nitrogen and oxygen atoms in total. The number of imide groups is 2. The van der Waals surface area contributed by atoms with E-state index in [0.717, 1.165) is 12.1 Å². The van der Waals surface area contributed by atoms with Crippen LogP contribution in [-0.2, 0) is 9.59 Å². The predicted molar refractivity (Wildman–Crippen MR) is 167 cm³/mol. The van der Waals surface area contributed by atoms with E-state index in [1.54, 1.807) is 12.1 Å². The zero-order valence-corrected chi connectivity index (χ0v) is 25.2. The van der Waals surface area contributed by atoms with Crippen LogP contribution < -0.4 is 10.6 Å². The van der Waals surface area contributed by atoms with Crippen molar-refractivity contribution in [2.24, 2.45) is 0 Å². The number of carbonyl (C=O) groups excluding carboxylic acids is 6. The number of nitrogens with one attached hydrogen (secondary N) is 2. The zero-order valence-electron chi connectivity index (χ0n) is 25.2. The molecule has 6 rings (SSSR count). The Morgan fingerprint density at radius 3 is 1.33 bits per heavy atom. The molecule has 0 saturated heterocycles. The molecule has 242 valence electrons. The Balaban J connectivity index is 1.11. The predicted octanol–water partition coefficient (Wildman–Crippen LogP) is 2.71. The summed E-state index contributed by atoms with van der Waals surface area (Å²) in [7, 11) is 0. The minimum absolute atomic E-state index is 0.0921. The third-order valence-corrected chi connectivity index (χ3v) is 8.40. The van der Waals surface area contributed by atoms with Crippen molar-refractivity contribution in [2.45, 2.75) is 25.9 Å². The number of nitro groups is 2. The molecule has 2 aliphatic heterocycles. The lowest BCUT2D eigenvalue weighted by Crippen LogP contribution is -2.54. The first-order chi connectivity index (χ1) is 22.8. The molecule has 0 bridgehead atoms. The van der Waals surface area contributed by atoms with Crippen LogP contribution in [-0.4, -0.2) is 80.3 Å². The highest BCUT2D eigenvalue weighted by Crippen LogP contribution is 2.35. The van der Waals surface area contributed by atoms with E-state index in [0.29, 0.717) is 20.6 Å². The van der Waals surface area contributed by atoms with Crippen LogP contribution in [0.3, 0.4) is 0 Å². The first-order valence-corrected chi connectivity index (χ1v) is 14.5. The molecule has 4 aromatic rings. The second kappa shape index (κ2) is 11.7. The van der Waals surface area contributed by atoms with Crippen LogP contribution in [0, 0.1) is 20.2 Å². The van der Waals surface area contributed by atoms with Gasteiger partial charge in [0.15, 0.2) is 0 Å². The van der Waals surface area contributed by atoms with Gasteiger partial charge in [-0.3, -0.25) is 58.8 Å². The lowest BCUT2D eigenvalue weighted by molar-refractivity contribution is -0.384. The van der Waals surface area contributed by atoms with Crippen LogP contribution in [0.4, 0.5) is 11.4 Å². The fourth-order valence-electron chi connectivity index (χ4n) is 6.04. The molecular weight excluding hydrogens is 628 g/mol. The van der Waals surface area contributed by atoms with E-state index in [2.05, 4.69) is 10.6 Å². The molecule has 0 fully saturated rings. The van der Waals surface area contributed by atoms with Gasteiger partial charge in [0.1, 0.15) is 12.1 Å². The van der Waals surface area contributed by atoms with Gasteiger partial charge in [0.2, 0.25) is 11.8 Å². The van der Waals surface area contributed by atoms with E-state index in [-0.39, 0.29) is 57.5 Å². The Morgan fingerprint density at radius 1 is 0.625 bits per heavy atom. The average molecular weight is 653 g/mol. The number of rotatable bonds is 9. The van der Waals surface area contributed by atoms with E-state index in [1.807, 2.05) is 0 Å². The molecule has 2 N–H and O–H groups in total. The molecule has 0 radical (unpaired) electrons. The van der Waals surface area contributed by atoms with Crippen molar-refractivity contribution in [3.05, 3.63) is 103 Å². The molecule has 0 aliphatic carbocycles. The van der Waals surface area contributed by atoms with Gasteiger partial charge >= 0.3 is 0 Å². The van der Waals surface area contributed by atoms with Crippen molar-refractivity contribution in [1.29, 1.82) is 0 Å². The lowest BCUT2D eigenvalue weighted by atomic mass is 9.92. The Labute approximate surface area is 269 Å². The second-order valence-corrected chi connectivity index (χ2v) is 11.2. The fourth-order valence-corrected chi connectivity index (χ4v) is 6.04. The summed E-state index contributed by atoms with van der Waals surface area (Å²) in [6.45, 7) is 2.27. The molecule has 6 amide bonds. The minimum atomic E-state index is -1.34. The molecule has 16 heteroatoms. The van der Waals surface area contributed by atoms with Crippen LogP contribution in [0.15, 0.2) is 60.7 Å². The molecule has 48 heavy (non-hydrogen) atoms. The molecule has 0 spiro atoms. The summed E-state index contributed by atoms with van der Waals surface area (Å²) in [4.78, 5) is 102. The van der Waals surface area contributed by atoms with Crippen LogP contribution >= 0.6 is 0 Å². The van der Waals surface area contributed by atoms with Crippen molar-refractivity contribution in [3.63, 3.8) is 0 Å². The molecule has 0 unspecified atom stereocenters. The number of hydrogen-bond donors (Lipinski definition) is 2. The fraction of sp³-hybridized carbons (Fsp3) is 0.188. The summed E-state index contributed by atoms with van der Waals surface area (Å²) in [6.07, 6.45) is 0. The van der Waals surface area contributed by atoms with Crippen LogP contribution in [0.25, 0.3) is 21.5 Å². The topological polar surface area (TPSA) is 219 Å². The Bertz CT molecular complexity index is 2030. The maximum atomic E-state index is 13.4. The zero-order chi connectivity index (χ0) is 34.6. The SMILES string of the molecule is C[C@H](C(=O)NCCNC(=O)[C@@H](C)N1C(=O)c2cccc3cc([N+](=O)[O-])cc(c23)C1=O)N1C(=O)c2cccc3cc([N+](=O)[O-])cc(c23)C1=O. The number of amides is 6. The van der Waals surface area contributed by atoms with Crippen molar-refractivity contribution < 1.29 is 38.6 Å². The number of hydrogen-bond acceptors (Lipinski definition) is 10. The summed E-state index contributed by atoms with van der Waals surface area (Å²) < 4.78 is 0.